The van der Waals surface area contributed by atoms with Crippen molar-refractivity contribution in [3.63, 3.8) is 0 Å². The molecule has 0 aliphatic heterocycles. The number of nitrogens with one attached hydrogen (secondary N) is 1. The Morgan fingerprint density at radius 3 is 2.50 bits per heavy atom. The number of hydrazone groups is 1. The molecule has 0 saturated carbocycles. The fourth-order valence-electron chi connectivity index (χ4n) is 1.49. The summed E-state index contributed by atoms with van der Waals surface area (Å²) in [5, 5.41) is 33.2. The lowest BCUT2D eigenvalue weighted by Crippen LogP contribution is -1.92. The topological polar surface area (TPSA) is 108 Å². The lowest BCUT2D eigenvalue weighted by molar-refractivity contribution is -0.384. The molecule has 0 heterocycles. The smallest absolute Gasteiger partial charge is 0.269 e. The standard InChI is InChI=1S/C13H11N3O4/c17-12-3-1-2-9(13(12)18)8-14-15-10-4-6-11(7-5-10)16(19)20/h1-8,15,17-18H. The number of benzene rings is 2. The Morgan fingerprint density at radius 1 is 1.15 bits per heavy atom. The third-order valence-electron chi connectivity index (χ3n) is 2.52. The van der Waals surface area contributed by atoms with Gasteiger partial charge in [0.15, 0.2) is 11.5 Å². The van der Waals surface area contributed by atoms with Gasteiger partial charge in [0.1, 0.15) is 0 Å². The molecule has 20 heavy (non-hydrogen) atoms. The largest absolute Gasteiger partial charge is 0.504 e. The number of hydrogen-bond donors (Lipinski definition) is 3. The van der Waals surface area contributed by atoms with E-state index in [1.165, 1.54) is 36.5 Å². The second-order valence-electron chi connectivity index (χ2n) is 3.89. The molecule has 0 amide bonds. The number of non-ortho nitro benzene ring substituents is 1. The lowest BCUT2D eigenvalue weighted by atomic mass is 10.2. The number of nitrogens with zero attached hydrogens (tertiary/aromatic N) is 2. The van der Waals surface area contributed by atoms with Gasteiger partial charge in [-0.15, -0.1) is 0 Å². The third-order valence-corrected chi connectivity index (χ3v) is 2.52. The minimum absolute atomic E-state index is 0.00912. The Kier molecular flexibility index (Phi) is 3.80. The zero-order valence-corrected chi connectivity index (χ0v) is 10.2. The molecule has 102 valence electrons. The van der Waals surface area contributed by atoms with Gasteiger partial charge in [0.2, 0.25) is 0 Å². The van der Waals surface area contributed by atoms with Crippen molar-refractivity contribution in [2.24, 2.45) is 5.10 Å². The van der Waals surface area contributed by atoms with Gasteiger partial charge in [0.25, 0.3) is 5.69 Å². The molecule has 0 fully saturated rings. The summed E-state index contributed by atoms with van der Waals surface area (Å²) in [6.07, 6.45) is 1.33. The molecule has 0 radical (unpaired) electrons. The number of aromatic hydroxyl groups is 2. The van der Waals surface area contributed by atoms with Gasteiger partial charge in [-0.05, 0) is 24.3 Å². The van der Waals surface area contributed by atoms with E-state index >= 15 is 0 Å². The van der Waals surface area contributed by atoms with Gasteiger partial charge in [0.05, 0.1) is 16.8 Å². The summed E-state index contributed by atoms with van der Waals surface area (Å²) in [5.41, 5.74) is 3.56. The number of phenols is 2. The van der Waals surface area contributed by atoms with Gasteiger partial charge in [0, 0.05) is 17.7 Å². The molecule has 7 nitrogen and oxygen atoms in total. The van der Waals surface area contributed by atoms with Crippen molar-refractivity contribution in [1.82, 2.24) is 0 Å². The summed E-state index contributed by atoms with van der Waals surface area (Å²) in [6, 6.07) is 10.2. The van der Waals surface area contributed by atoms with Gasteiger partial charge >= 0.3 is 0 Å². The number of nitro groups is 1. The van der Waals surface area contributed by atoms with Gasteiger partial charge in [-0.3, -0.25) is 15.5 Å². The minimum Gasteiger partial charge on any atom is -0.504 e. The number of hydrogen-bond acceptors (Lipinski definition) is 6. The normalized spacial score (nSPS) is 10.6. The molecular weight excluding hydrogens is 262 g/mol. The zero-order valence-electron chi connectivity index (χ0n) is 10.2. The van der Waals surface area contributed by atoms with Gasteiger partial charge in [-0.1, -0.05) is 6.07 Å². The van der Waals surface area contributed by atoms with E-state index in [2.05, 4.69) is 10.5 Å². The van der Waals surface area contributed by atoms with Crippen LogP contribution in [0.15, 0.2) is 47.6 Å². The maximum Gasteiger partial charge on any atom is 0.269 e. The van der Waals surface area contributed by atoms with Crippen LogP contribution >= 0.6 is 0 Å². The quantitative estimate of drug-likeness (QED) is 0.343. The summed E-state index contributed by atoms with van der Waals surface area (Å²) in [5.74, 6) is -0.494. The summed E-state index contributed by atoms with van der Waals surface area (Å²) in [6.45, 7) is 0. The van der Waals surface area contributed by atoms with E-state index in [1.807, 2.05) is 0 Å². The molecule has 7 heteroatoms. The number of rotatable bonds is 4. The monoisotopic (exact) mass is 273 g/mol. The predicted octanol–water partition coefficient (Wildman–Crippen LogP) is 2.45. The first kappa shape index (κ1) is 13.3. The molecule has 0 spiro atoms. The van der Waals surface area contributed by atoms with Gasteiger partial charge < -0.3 is 10.2 Å². The van der Waals surface area contributed by atoms with E-state index in [0.717, 1.165) is 0 Å². The Labute approximate surface area is 114 Å². The van der Waals surface area contributed by atoms with Crippen LogP contribution in [-0.2, 0) is 0 Å². The Bertz CT molecular complexity index is 653. The molecular formula is C13H11N3O4. The Morgan fingerprint density at radius 2 is 1.85 bits per heavy atom. The number of para-hydroxylation sites is 1. The zero-order chi connectivity index (χ0) is 14.5. The van der Waals surface area contributed by atoms with Crippen molar-refractivity contribution in [3.05, 3.63) is 58.1 Å². The molecule has 0 atom stereocenters. The highest BCUT2D eigenvalue weighted by Crippen LogP contribution is 2.26. The van der Waals surface area contributed by atoms with Crippen LogP contribution < -0.4 is 5.43 Å². The first-order valence-electron chi connectivity index (χ1n) is 5.62. The Hall–Kier alpha value is -3.09. The van der Waals surface area contributed by atoms with Crippen LogP contribution in [-0.4, -0.2) is 21.4 Å². The van der Waals surface area contributed by atoms with Crippen LogP contribution in [0.3, 0.4) is 0 Å². The van der Waals surface area contributed by atoms with Crippen molar-refractivity contribution >= 4 is 17.6 Å². The lowest BCUT2D eigenvalue weighted by Gasteiger charge is -2.02. The van der Waals surface area contributed by atoms with Crippen LogP contribution in [0.5, 0.6) is 11.5 Å². The molecule has 3 N–H and O–H groups in total. The predicted molar refractivity (Wildman–Crippen MR) is 74.1 cm³/mol. The second kappa shape index (κ2) is 5.70. The van der Waals surface area contributed by atoms with E-state index in [9.17, 15) is 20.3 Å². The summed E-state index contributed by atoms with van der Waals surface area (Å²) >= 11 is 0. The third kappa shape index (κ3) is 3.02. The van der Waals surface area contributed by atoms with Crippen LogP contribution in [0, 0.1) is 10.1 Å². The molecule has 2 aromatic carbocycles. The average Bonchev–Trinajstić information content (AvgIpc) is 2.44. The highest BCUT2D eigenvalue weighted by molar-refractivity contribution is 5.85. The van der Waals surface area contributed by atoms with Crippen molar-refractivity contribution in [3.8, 4) is 11.5 Å². The van der Waals surface area contributed by atoms with Gasteiger partial charge in [-0.2, -0.15) is 5.10 Å². The van der Waals surface area contributed by atoms with Crippen molar-refractivity contribution < 1.29 is 15.1 Å². The average molecular weight is 273 g/mol. The molecule has 0 aromatic heterocycles. The molecule has 0 saturated heterocycles. The Balaban J connectivity index is 2.06. The van der Waals surface area contributed by atoms with E-state index in [0.29, 0.717) is 11.3 Å². The van der Waals surface area contributed by atoms with Crippen LogP contribution in [0.2, 0.25) is 0 Å². The molecule has 0 aliphatic rings. The maximum absolute atomic E-state index is 10.5. The fourth-order valence-corrected chi connectivity index (χ4v) is 1.49. The van der Waals surface area contributed by atoms with Crippen molar-refractivity contribution in [2.75, 3.05) is 5.43 Å². The first-order chi connectivity index (χ1) is 9.58. The van der Waals surface area contributed by atoms with Crippen LogP contribution in [0.1, 0.15) is 5.56 Å². The summed E-state index contributed by atoms with van der Waals surface area (Å²) < 4.78 is 0. The highest BCUT2D eigenvalue weighted by atomic mass is 16.6. The summed E-state index contributed by atoms with van der Waals surface area (Å²) in [4.78, 5) is 10.00. The molecule has 2 rings (SSSR count). The van der Waals surface area contributed by atoms with E-state index in [1.54, 1.807) is 12.1 Å². The maximum atomic E-state index is 10.5. The van der Waals surface area contributed by atoms with Crippen LogP contribution in [0.4, 0.5) is 11.4 Å². The number of nitro benzene ring substituents is 1. The van der Waals surface area contributed by atoms with Crippen molar-refractivity contribution in [2.45, 2.75) is 0 Å². The fraction of sp³-hybridized carbons (Fsp3) is 0. The van der Waals surface area contributed by atoms with E-state index in [-0.39, 0.29) is 17.2 Å². The molecule has 0 bridgehead atoms. The second-order valence-corrected chi connectivity index (χ2v) is 3.89. The summed E-state index contributed by atoms with van der Waals surface area (Å²) in [7, 11) is 0. The SMILES string of the molecule is O=[N+]([O-])c1ccc(NN=Cc2cccc(O)c2O)cc1. The first-order valence-corrected chi connectivity index (χ1v) is 5.62. The molecule has 0 aliphatic carbocycles. The number of anilines is 1. The van der Waals surface area contributed by atoms with Gasteiger partial charge in [-0.25, -0.2) is 0 Å². The molecule has 0 unspecified atom stereocenters. The van der Waals surface area contributed by atoms with E-state index in [4.69, 9.17) is 0 Å². The highest BCUT2D eigenvalue weighted by Gasteiger charge is 2.04. The van der Waals surface area contributed by atoms with Crippen molar-refractivity contribution in [1.29, 1.82) is 0 Å². The minimum atomic E-state index is -0.488. The number of phenolic OH excluding ortho intramolecular Hbond substituents is 2. The van der Waals surface area contributed by atoms with Crippen LogP contribution in [0.25, 0.3) is 0 Å². The van der Waals surface area contributed by atoms with E-state index < -0.39 is 4.92 Å². The molecule has 2 aromatic rings.